The highest BCUT2D eigenvalue weighted by molar-refractivity contribution is 5.85. The summed E-state index contributed by atoms with van der Waals surface area (Å²) in [6.45, 7) is 5.32. The summed E-state index contributed by atoms with van der Waals surface area (Å²) in [5.74, 6) is -0.0960. The quantitative estimate of drug-likeness (QED) is 0.693. The van der Waals surface area contributed by atoms with Gasteiger partial charge in [0.1, 0.15) is 0 Å². The topological polar surface area (TPSA) is 52.7 Å². The molecule has 0 heterocycles. The molecule has 0 aromatic rings. The number of amides is 2. The van der Waals surface area contributed by atoms with Gasteiger partial charge in [0.15, 0.2) is 0 Å². The fourth-order valence-corrected chi connectivity index (χ4v) is 1.55. The summed E-state index contributed by atoms with van der Waals surface area (Å²) < 4.78 is 0. The van der Waals surface area contributed by atoms with Gasteiger partial charge in [-0.25, -0.2) is 0 Å². The number of nitrogens with zero attached hydrogens (tertiary/aromatic N) is 2. The van der Waals surface area contributed by atoms with Gasteiger partial charge in [-0.15, -0.1) is 0 Å². The van der Waals surface area contributed by atoms with Gasteiger partial charge in [0.2, 0.25) is 11.8 Å². The predicted octanol–water partition coefficient (Wildman–Crippen LogP) is 0.169. The van der Waals surface area contributed by atoms with Gasteiger partial charge in [-0.2, -0.15) is 0 Å². The van der Waals surface area contributed by atoms with Crippen LogP contribution in [0.1, 0.15) is 20.3 Å². The number of likely N-dealkylation sites (N-methyl/N-ethyl adjacent to an activating group) is 1. The minimum atomic E-state index is -0.0958. The summed E-state index contributed by atoms with van der Waals surface area (Å²) in [6.07, 6.45) is 0.860. The summed E-state index contributed by atoms with van der Waals surface area (Å²) in [6, 6.07) is 0. The SMILES string of the molecule is CCCN(CC(=O)N(C)C)C(=O)C(C)CNC. The van der Waals surface area contributed by atoms with Crippen molar-refractivity contribution in [2.45, 2.75) is 20.3 Å². The van der Waals surface area contributed by atoms with Gasteiger partial charge in [0, 0.05) is 33.1 Å². The van der Waals surface area contributed by atoms with Crippen LogP contribution in [-0.2, 0) is 9.59 Å². The van der Waals surface area contributed by atoms with Gasteiger partial charge in [0.25, 0.3) is 0 Å². The molecule has 0 aromatic carbocycles. The van der Waals surface area contributed by atoms with E-state index in [1.165, 1.54) is 4.90 Å². The Morgan fingerprint density at radius 3 is 2.29 bits per heavy atom. The summed E-state index contributed by atoms with van der Waals surface area (Å²) in [4.78, 5) is 26.9. The van der Waals surface area contributed by atoms with Crippen molar-refractivity contribution in [1.82, 2.24) is 15.1 Å². The first-order valence-corrected chi connectivity index (χ1v) is 6.07. The molecule has 0 saturated heterocycles. The molecule has 0 aliphatic heterocycles. The maximum atomic E-state index is 12.1. The molecule has 1 unspecified atom stereocenters. The smallest absolute Gasteiger partial charge is 0.241 e. The Kier molecular flexibility index (Phi) is 7.54. The first-order chi connectivity index (χ1) is 7.93. The van der Waals surface area contributed by atoms with Crippen LogP contribution < -0.4 is 5.32 Å². The lowest BCUT2D eigenvalue weighted by Gasteiger charge is -2.26. The second-order valence-electron chi connectivity index (χ2n) is 4.51. The van der Waals surface area contributed by atoms with Gasteiger partial charge in [-0.1, -0.05) is 13.8 Å². The highest BCUT2D eigenvalue weighted by Gasteiger charge is 2.21. The molecule has 1 atom stereocenters. The minimum absolute atomic E-state index is 0.0383. The number of carbonyl (C=O) groups is 2. The Morgan fingerprint density at radius 2 is 1.88 bits per heavy atom. The lowest BCUT2D eigenvalue weighted by atomic mass is 10.1. The van der Waals surface area contributed by atoms with Crippen molar-refractivity contribution in [3.63, 3.8) is 0 Å². The van der Waals surface area contributed by atoms with E-state index < -0.39 is 0 Å². The Hall–Kier alpha value is -1.10. The zero-order valence-electron chi connectivity index (χ0n) is 11.6. The van der Waals surface area contributed by atoms with Crippen molar-refractivity contribution in [2.75, 3.05) is 40.8 Å². The largest absolute Gasteiger partial charge is 0.347 e. The summed E-state index contributed by atoms with van der Waals surface area (Å²) in [5.41, 5.74) is 0. The average Bonchev–Trinajstić information content (AvgIpc) is 2.27. The molecule has 0 bridgehead atoms. The molecule has 5 heteroatoms. The van der Waals surface area contributed by atoms with E-state index in [1.54, 1.807) is 19.0 Å². The second-order valence-corrected chi connectivity index (χ2v) is 4.51. The van der Waals surface area contributed by atoms with Crippen molar-refractivity contribution in [3.05, 3.63) is 0 Å². The van der Waals surface area contributed by atoms with E-state index in [0.29, 0.717) is 13.1 Å². The van der Waals surface area contributed by atoms with Gasteiger partial charge in [-0.05, 0) is 13.5 Å². The van der Waals surface area contributed by atoms with Gasteiger partial charge in [0.05, 0.1) is 6.54 Å². The molecule has 100 valence electrons. The molecule has 0 rings (SSSR count). The van der Waals surface area contributed by atoms with Gasteiger partial charge >= 0.3 is 0 Å². The normalized spacial score (nSPS) is 12.1. The Labute approximate surface area is 104 Å². The van der Waals surface area contributed by atoms with Crippen LogP contribution in [0, 0.1) is 5.92 Å². The fourth-order valence-electron chi connectivity index (χ4n) is 1.55. The zero-order valence-corrected chi connectivity index (χ0v) is 11.6. The van der Waals surface area contributed by atoms with Gasteiger partial charge < -0.3 is 15.1 Å². The first-order valence-electron chi connectivity index (χ1n) is 6.07. The van der Waals surface area contributed by atoms with Crippen LogP contribution in [0.5, 0.6) is 0 Å². The van der Waals surface area contributed by atoms with E-state index in [4.69, 9.17) is 0 Å². The van der Waals surface area contributed by atoms with Crippen LogP contribution in [-0.4, -0.2) is 62.4 Å². The molecule has 0 aliphatic carbocycles. The van der Waals surface area contributed by atoms with Crippen LogP contribution in [0.3, 0.4) is 0 Å². The van der Waals surface area contributed by atoms with E-state index in [9.17, 15) is 9.59 Å². The third-order valence-corrected chi connectivity index (χ3v) is 2.56. The molecule has 2 amide bonds. The molecular formula is C12H25N3O2. The lowest BCUT2D eigenvalue weighted by molar-refractivity contribution is -0.141. The Bertz CT molecular complexity index is 254. The van der Waals surface area contributed by atoms with Crippen molar-refractivity contribution >= 4 is 11.8 Å². The summed E-state index contributed by atoms with van der Waals surface area (Å²) in [5, 5.41) is 2.98. The first kappa shape index (κ1) is 15.9. The number of nitrogens with one attached hydrogen (secondary N) is 1. The van der Waals surface area contributed by atoms with Crippen molar-refractivity contribution in [2.24, 2.45) is 5.92 Å². The van der Waals surface area contributed by atoms with E-state index >= 15 is 0 Å². The van der Waals surface area contributed by atoms with Crippen LogP contribution >= 0.6 is 0 Å². The Balaban J connectivity index is 4.50. The van der Waals surface area contributed by atoms with E-state index in [0.717, 1.165) is 6.42 Å². The van der Waals surface area contributed by atoms with Crippen LogP contribution in [0.15, 0.2) is 0 Å². The number of hydrogen-bond acceptors (Lipinski definition) is 3. The maximum absolute atomic E-state index is 12.1. The molecular weight excluding hydrogens is 218 g/mol. The molecule has 0 aromatic heterocycles. The molecule has 17 heavy (non-hydrogen) atoms. The van der Waals surface area contributed by atoms with Gasteiger partial charge in [-0.3, -0.25) is 9.59 Å². The minimum Gasteiger partial charge on any atom is -0.347 e. The molecule has 5 nitrogen and oxygen atoms in total. The van der Waals surface area contributed by atoms with Crippen LogP contribution in [0.25, 0.3) is 0 Å². The standard InChI is InChI=1S/C12H25N3O2/c1-6-7-15(9-11(16)14(4)5)12(17)10(2)8-13-3/h10,13H,6-9H2,1-5H3. The van der Waals surface area contributed by atoms with Crippen molar-refractivity contribution in [1.29, 1.82) is 0 Å². The monoisotopic (exact) mass is 243 g/mol. The molecule has 1 N–H and O–H groups in total. The van der Waals surface area contributed by atoms with E-state index in [1.807, 2.05) is 20.9 Å². The second kappa shape index (κ2) is 8.06. The molecule has 0 spiro atoms. The Morgan fingerprint density at radius 1 is 1.29 bits per heavy atom. The van der Waals surface area contributed by atoms with Crippen molar-refractivity contribution < 1.29 is 9.59 Å². The predicted molar refractivity (Wildman–Crippen MR) is 68.7 cm³/mol. The van der Waals surface area contributed by atoms with Crippen molar-refractivity contribution in [3.8, 4) is 0 Å². The third-order valence-electron chi connectivity index (χ3n) is 2.56. The van der Waals surface area contributed by atoms with E-state index in [-0.39, 0.29) is 24.3 Å². The number of hydrogen-bond donors (Lipinski definition) is 1. The average molecular weight is 243 g/mol. The van der Waals surface area contributed by atoms with E-state index in [2.05, 4.69) is 5.32 Å². The number of rotatable bonds is 7. The van der Waals surface area contributed by atoms with Crippen LogP contribution in [0.4, 0.5) is 0 Å². The maximum Gasteiger partial charge on any atom is 0.241 e. The molecule has 0 fully saturated rings. The highest BCUT2D eigenvalue weighted by atomic mass is 16.2. The summed E-state index contributed by atoms with van der Waals surface area (Å²) >= 11 is 0. The molecule has 0 radical (unpaired) electrons. The molecule has 0 saturated carbocycles. The third kappa shape index (κ3) is 5.68. The zero-order chi connectivity index (χ0) is 13.4. The van der Waals surface area contributed by atoms with Crippen LogP contribution in [0.2, 0.25) is 0 Å². The molecule has 0 aliphatic rings. The summed E-state index contributed by atoms with van der Waals surface area (Å²) in [7, 11) is 5.22. The highest BCUT2D eigenvalue weighted by Crippen LogP contribution is 2.03. The lowest BCUT2D eigenvalue weighted by Crippen LogP contribution is -2.44. The fraction of sp³-hybridized carbons (Fsp3) is 0.833. The number of carbonyl (C=O) groups excluding carboxylic acids is 2.